The third-order valence-electron chi connectivity index (χ3n) is 9.54. The van der Waals surface area contributed by atoms with Crippen LogP contribution in [-0.4, -0.2) is 50.4 Å². The summed E-state index contributed by atoms with van der Waals surface area (Å²) in [6.45, 7) is 0.724. The van der Waals surface area contributed by atoms with E-state index in [0.717, 1.165) is 25.0 Å². The molecular formula is C31H22Cl2F4N4O4. The molecule has 8 nitrogen and oxygen atoms in total. The number of rotatable bonds is 5. The highest BCUT2D eigenvalue weighted by Gasteiger charge is 2.70. The van der Waals surface area contributed by atoms with Crippen LogP contribution in [0.2, 0.25) is 10.0 Å². The molecule has 1 aromatic heterocycles. The number of ether oxygens (including phenoxy) is 1. The van der Waals surface area contributed by atoms with Crippen molar-refractivity contribution in [2.75, 3.05) is 11.9 Å². The van der Waals surface area contributed by atoms with Crippen LogP contribution in [0.3, 0.4) is 0 Å². The Labute approximate surface area is 262 Å². The summed E-state index contributed by atoms with van der Waals surface area (Å²) in [7, 11) is 0. The van der Waals surface area contributed by atoms with Crippen LogP contribution in [-0.2, 0) is 16.9 Å². The highest BCUT2D eigenvalue weighted by molar-refractivity contribution is 6.31. The maximum Gasteiger partial charge on any atom is 0.573 e. The van der Waals surface area contributed by atoms with Crippen molar-refractivity contribution in [3.8, 4) is 5.75 Å². The first-order chi connectivity index (χ1) is 21.4. The minimum atomic E-state index is -5.13. The fraction of sp³-hybridized carbons (Fsp3) is 0.323. The molecule has 232 valence electrons. The Morgan fingerprint density at radius 1 is 1.16 bits per heavy atom. The molecule has 0 bridgehead atoms. The molecule has 8 rings (SSSR count). The van der Waals surface area contributed by atoms with E-state index >= 15 is 4.39 Å². The van der Waals surface area contributed by atoms with E-state index in [0.29, 0.717) is 34.6 Å². The standard InChI is InChI=1S/C31H22Cl2F4N4O4/c32-14-6-7-17-19(8-14)39-29(44)30(17)25(15-2-1-3-18(33)26(15)34)24-22(41(30)11-13-4-5-13)12-40-21-10-23(45-31(35,36)37)16(28(42)43)9-20(21)38-27(24)40/h1-3,6-10,13,22,24-25H,4-5,11-12H2,(H,39,44)(H,42,43)/t22-,24+,25-,30+/m0/s1. The van der Waals surface area contributed by atoms with E-state index in [9.17, 15) is 27.9 Å². The molecule has 0 unspecified atom stereocenters. The molecule has 2 fully saturated rings. The first kappa shape index (κ1) is 28.6. The lowest BCUT2D eigenvalue weighted by Gasteiger charge is -2.40. The summed E-state index contributed by atoms with van der Waals surface area (Å²) in [5, 5.41) is 12.9. The molecule has 0 radical (unpaired) electrons. The van der Waals surface area contributed by atoms with Crippen molar-refractivity contribution in [3.05, 3.63) is 86.9 Å². The van der Waals surface area contributed by atoms with Crippen molar-refractivity contribution in [3.63, 3.8) is 0 Å². The first-order valence-electron chi connectivity index (χ1n) is 14.2. The predicted molar refractivity (Wildman–Crippen MR) is 155 cm³/mol. The number of aromatic nitrogens is 2. The van der Waals surface area contributed by atoms with Gasteiger partial charge in [0.05, 0.1) is 16.1 Å². The second kappa shape index (κ2) is 9.57. The lowest BCUT2D eigenvalue weighted by Crippen LogP contribution is -2.53. The Balaban J connectivity index is 1.39. The third-order valence-corrected chi connectivity index (χ3v) is 10.1. The van der Waals surface area contributed by atoms with Gasteiger partial charge in [-0.2, -0.15) is 0 Å². The minimum absolute atomic E-state index is 0.124. The zero-order valence-electron chi connectivity index (χ0n) is 23.0. The van der Waals surface area contributed by atoms with Gasteiger partial charge in [-0.05, 0) is 48.6 Å². The van der Waals surface area contributed by atoms with Gasteiger partial charge in [0.15, 0.2) is 0 Å². The Morgan fingerprint density at radius 3 is 2.64 bits per heavy atom. The zero-order chi connectivity index (χ0) is 31.6. The van der Waals surface area contributed by atoms with Crippen LogP contribution in [0.5, 0.6) is 5.75 Å². The number of hydrogen-bond donors (Lipinski definition) is 2. The summed E-state index contributed by atoms with van der Waals surface area (Å²) in [6, 6.07) is 11.4. The van der Waals surface area contributed by atoms with Gasteiger partial charge >= 0.3 is 12.3 Å². The summed E-state index contributed by atoms with van der Waals surface area (Å²) in [5.74, 6) is -4.33. The lowest BCUT2D eigenvalue weighted by atomic mass is 9.71. The van der Waals surface area contributed by atoms with E-state index in [1.807, 2.05) is 0 Å². The molecule has 4 aliphatic rings. The summed E-state index contributed by atoms with van der Waals surface area (Å²) in [5.41, 5.74) is -0.381. The van der Waals surface area contributed by atoms with Crippen LogP contribution < -0.4 is 10.1 Å². The average Bonchev–Trinajstić information content (AvgIpc) is 3.42. The number of benzene rings is 3. The number of carboxylic acids is 1. The van der Waals surface area contributed by atoms with Gasteiger partial charge in [0, 0.05) is 53.3 Å². The topological polar surface area (TPSA) is 96.7 Å². The van der Waals surface area contributed by atoms with Gasteiger partial charge in [-0.25, -0.2) is 14.2 Å². The molecule has 4 atom stereocenters. The number of hydrogen-bond acceptors (Lipinski definition) is 5. The van der Waals surface area contributed by atoms with Crippen molar-refractivity contribution >= 4 is 51.8 Å². The second-order valence-corrected chi connectivity index (χ2v) is 12.8. The number of nitrogens with one attached hydrogen (secondary N) is 1. The van der Waals surface area contributed by atoms with E-state index in [4.69, 9.17) is 28.2 Å². The van der Waals surface area contributed by atoms with Gasteiger partial charge in [-0.15, -0.1) is 13.2 Å². The molecule has 45 heavy (non-hydrogen) atoms. The highest BCUT2D eigenvalue weighted by Crippen LogP contribution is 2.65. The van der Waals surface area contributed by atoms with Crippen LogP contribution in [0, 0.1) is 11.7 Å². The molecule has 1 aliphatic carbocycles. The van der Waals surface area contributed by atoms with Gasteiger partial charge in [0.25, 0.3) is 0 Å². The minimum Gasteiger partial charge on any atom is -0.478 e. The number of alkyl halides is 3. The fourth-order valence-corrected chi connectivity index (χ4v) is 8.11. The number of fused-ring (bicyclic) bond motifs is 7. The molecule has 1 amide bonds. The number of imidazole rings is 1. The summed E-state index contributed by atoms with van der Waals surface area (Å²) in [6.07, 6.45) is -3.21. The van der Waals surface area contributed by atoms with Crippen molar-refractivity contribution < 1.29 is 37.0 Å². The Kier molecular flexibility index (Phi) is 6.08. The Morgan fingerprint density at radius 2 is 1.93 bits per heavy atom. The van der Waals surface area contributed by atoms with Gasteiger partial charge in [0.1, 0.15) is 28.5 Å². The Hall–Kier alpha value is -3.87. The number of carboxylic acid groups (broad SMARTS) is 1. The number of carbonyl (C=O) groups excluding carboxylic acids is 1. The van der Waals surface area contributed by atoms with Crippen molar-refractivity contribution in [1.29, 1.82) is 0 Å². The molecule has 3 aromatic carbocycles. The van der Waals surface area contributed by atoms with E-state index in [-0.39, 0.29) is 34.1 Å². The number of anilines is 1. The SMILES string of the molecule is O=C(O)c1cc2nc3n(c2cc1OC(F)(F)F)C[C@H]1[C@@H]3[C@H](c2cccc(Cl)c2F)[C@]2(C(=O)Nc3cc(Cl)ccc32)N1CC1CC1. The van der Waals surface area contributed by atoms with Gasteiger partial charge < -0.3 is 19.7 Å². The number of halogens is 6. The molecule has 4 heterocycles. The van der Waals surface area contributed by atoms with Crippen LogP contribution >= 0.6 is 23.2 Å². The molecule has 2 N–H and O–H groups in total. The van der Waals surface area contributed by atoms with E-state index in [1.165, 1.54) is 6.07 Å². The number of nitrogens with zero attached hydrogens (tertiary/aromatic N) is 3. The number of amides is 1. The Bertz CT molecular complexity index is 1960. The van der Waals surface area contributed by atoms with Crippen LogP contribution in [0.1, 0.15) is 52.0 Å². The van der Waals surface area contributed by atoms with Crippen LogP contribution in [0.15, 0.2) is 48.5 Å². The summed E-state index contributed by atoms with van der Waals surface area (Å²) in [4.78, 5) is 33.2. The zero-order valence-corrected chi connectivity index (χ0v) is 24.5. The molecule has 1 spiro atoms. The predicted octanol–water partition coefficient (Wildman–Crippen LogP) is 6.90. The smallest absolute Gasteiger partial charge is 0.478 e. The van der Waals surface area contributed by atoms with Gasteiger partial charge in [-0.3, -0.25) is 9.69 Å². The summed E-state index contributed by atoms with van der Waals surface area (Å²) >= 11 is 12.6. The average molecular weight is 661 g/mol. The molecular weight excluding hydrogens is 639 g/mol. The highest BCUT2D eigenvalue weighted by atomic mass is 35.5. The van der Waals surface area contributed by atoms with E-state index < -0.39 is 52.9 Å². The molecule has 1 saturated carbocycles. The van der Waals surface area contributed by atoms with Crippen LogP contribution in [0.4, 0.5) is 23.2 Å². The van der Waals surface area contributed by atoms with Crippen molar-refractivity contribution in [1.82, 2.24) is 14.5 Å². The van der Waals surface area contributed by atoms with Gasteiger partial charge in [0.2, 0.25) is 5.91 Å². The monoisotopic (exact) mass is 660 g/mol. The maximum absolute atomic E-state index is 16.1. The normalized spacial score (nSPS) is 25.5. The maximum atomic E-state index is 16.1. The largest absolute Gasteiger partial charge is 0.573 e. The molecule has 1 saturated heterocycles. The molecule has 14 heteroatoms. The fourth-order valence-electron chi connectivity index (χ4n) is 7.75. The molecule has 3 aliphatic heterocycles. The van der Waals surface area contributed by atoms with Crippen molar-refractivity contribution in [2.24, 2.45) is 5.92 Å². The van der Waals surface area contributed by atoms with Crippen LogP contribution in [0.25, 0.3) is 11.0 Å². The van der Waals surface area contributed by atoms with E-state index in [2.05, 4.69) is 15.0 Å². The van der Waals surface area contributed by atoms with E-state index in [1.54, 1.807) is 34.9 Å². The van der Waals surface area contributed by atoms with Gasteiger partial charge in [-0.1, -0.05) is 41.4 Å². The number of aromatic carboxylic acids is 1. The number of likely N-dealkylation sites (tertiary alicyclic amines) is 1. The molecule has 4 aromatic rings. The second-order valence-electron chi connectivity index (χ2n) is 12.0. The third kappa shape index (κ3) is 4.11. The number of carbonyl (C=O) groups is 2. The van der Waals surface area contributed by atoms with Crippen molar-refractivity contribution in [2.45, 2.75) is 49.2 Å². The first-order valence-corrected chi connectivity index (χ1v) is 15.0. The lowest BCUT2D eigenvalue weighted by molar-refractivity contribution is -0.274. The quantitative estimate of drug-likeness (QED) is 0.226. The summed E-state index contributed by atoms with van der Waals surface area (Å²) < 4.78 is 61.8.